The fourth-order valence-electron chi connectivity index (χ4n) is 2.19. The Morgan fingerprint density at radius 3 is 2.95 bits per heavy atom. The number of Topliss-reactive ketones (excluding diaryl/α,β-unsaturated/α-hetero) is 1. The summed E-state index contributed by atoms with van der Waals surface area (Å²) in [4.78, 5) is 12.0. The molecule has 1 aromatic heterocycles. The number of carbonyl (C=O) groups excluding carboxylic acids is 1. The molecule has 5 nitrogen and oxygen atoms in total. The van der Waals surface area contributed by atoms with Crippen molar-refractivity contribution in [2.75, 3.05) is 0 Å². The zero-order valence-electron chi connectivity index (χ0n) is 11.4. The maximum absolute atomic E-state index is 12.0. The van der Waals surface area contributed by atoms with Crippen LogP contribution < -0.4 is 9.47 Å². The van der Waals surface area contributed by atoms with E-state index in [-0.39, 0.29) is 5.78 Å². The Morgan fingerprint density at radius 1 is 1.35 bits per heavy atom. The van der Waals surface area contributed by atoms with E-state index in [1.807, 2.05) is 13.8 Å². The lowest BCUT2D eigenvalue weighted by atomic mass is 9.93. The number of benzene rings is 1. The molecule has 2 aromatic rings. The Hall–Kier alpha value is -2.30. The fourth-order valence-corrected chi connectivity index (χ4v) is 2.19. The normalized spacial score (nSPS) is 16.4. The van der Waals surface area contributed by atoms with Gasteiger partial charge in [-0.2, -0.15) is 0 Å². The van der Waals surface area contributed by atoms with Gasteiger partial charge in [0, 0.05) is 12.1 Å². The van der Waals surface area contributed by atoms with Crippen molar-refractivity contribution < 1.29 is 18.8 Å². The van der Waals surface area contributed by atoms with Crippen LogP contribution >= 0.6 is 0 Å². The van der Waals surface area contributed by atoms with Crippen LogP contribution in [0.1, 0.15) is 36.3 Å². The Morgan fingerprint density at radius 2 is 2.20 bits per heavy atom. The van der Waals surface area contributed by atoms with E-state index in [4.69, 9.17) is 14.0 Å². The number of fused-ring (bicyclic) bond motifs is 1. The largest absolute Gasteiger partial charge is 0.487 e. The average molecular weight is 273 g/mol. The summed E-state index contributed by atoms with van der Waals surface area (Å²) < 4.78 is 16.2. The molecular weight excluding hydrogens is 258 g/mol. The Kier molecular flexibility index (Phi) is 2.97. The van der Waals surface area contributed by atoms with E-state index in [0.717, 1.165) is 0 Å². The summed E-state index contributed by atoms with van der Waals surface area (Å²) in [5, 5.41) is 3.77. The highest BCUT2D eigenvalue weighted by Gasteiger charge is 2.32. The Labute approximate surface area is 116 Å². The van der Waals surface area contributed by atoms with Crippen LogP contribution in [0.2, 0.25) is 0 Å². The summed E-state index contributed by atoms with van der Waals surface area (Å²) in [5.74, 6) is 1.31. The molecule has 0 radical (unpaired) electrons. The molecule has 0 fully saturated rings. The van der Waals surface area contributed by atoms with Gasteiger partial charge in [0.15, 0.2) is 5.78 Å². The number of hydrogen-bond acceptors (Lipinski definition) is 5. The summed E-state index contributed by atoms with van der Waals surface area (Å²) in [5.41, 5.74) is 0.840. The van der Waals surface area contributed by atoms with Crippen molar-refractivity contribution in [3.63, 3.8) is 0 Å². The number of nitrogens with zero attached hydrogens (tertiary/aromatic N) is 1. The molecule has 2 heterocycles. The lowest BCUT2D eigenvalue weighted by Gasteiger charge is -2.31. The van der Waals surface area contributed by atoms with Crippen LogP contribution in [-0.4, -0.2) is 16.5 Å². The van der Waals surface area contributed by atoms with Gasteiger partial charge in [-0.15, -0.1) is 0 Å². The molecule has 0 unspecified atom stereocenters. The molecule has 0 atom stereocenters. The standard InChI is InChI=1S/C15H15NO4/c1-15(2)8-13(17)12-4-3-11(7-14(12)20-15)18-9-10-5-6-19-16-10/h3-7H,8-9H2,1-2H3. The molecule has 0 spiro atoms. The first-order chi connectivity index (χ1) is 9.53. The summed E-state index contributed by atoms with van der Waals surface area (Å²) in [7, 11) is 0. The zero-order valence-corrected chi connectivity index (χ0v) is 11.4. The summed E-state index contributed by atoms with van der Waals surface area (Å²) >= 11 is 0. The minimum absolute atomic E-state index is 0.0966. The first-order valence-electron chi connectivity index (χ1n) is 6.42. The maximum Gasteiger partial charge on any atom is 0.170 e. The molecule has 1 aliphatic rings. The third-order valence-corrected chi connectivity index (χ3v) is 3.10. The SMILES string of the molecule is CC1(C)CC(=O)c2ccc(OCc3ccon3)cc2O1. The van der Waals surface area contributed by atoms with E-state index in [1.54, 1.807) is 24.3 Å². The number of ketones is 1. The summed E-state index contributed by atoms with van der Waals surface area (Å²) in [6.07, 6.45) is 1.88. The van der Waals surface area contributed by atoms with Gasteiger partial charge in [-0.1, -0.05) is 5.16 Å². The van der Waals surface area contributed by atoms with Crippen LogP contribution in [0.4, 0.5) is 0 Å². The fraction of sp³-hybridized carbons (Fsp3) is 0.333. The minimum Gasteiger partial charge on any atom is -0.487 e. The Balaban J connectivity index is 1.80. The van der Waals surface area contributed by atoms with Crippen LogP contribution in [0.15, 0.2) is 35.1 Å². The van der Waals surface area contributed by atoms with Crippen molar-refractivity contribution in [1.82, 2.24) is 5.16 Å². The molecule has 1 aromatic carbocycles. The van der Waals surface area contributed by atoms with Gasteiger partial charge in [0.25, 0.3) is 0 Å². The third-order valence-electron chi connectivity index (χ3n) is 3.10. The van der Waals surface area contributed by atoms with Crippen LogP contribution in [0, 0.1) is 0 Å². The third kappa shape index (κ3) is 2.52. The summed E-state index contributed by atoms with van der Waals surface area (Å²) in [6.45, 7) is 4.11. The van der Waals surface area contributed by atoms with E-state index in [9.17, 15) is 4.79 Å². The van der Waals surface area contributed by atoms with Gasteiger partial charge in [0.1, 0.15) is 35.7 Å². The van der Waals surface area contributed by atoms with E-state index >= 15 is 0 Å². The van der Waals surface area contributed by atoms with Crippen molar-refractivity contribution in [3.05, 3.63) is 41.8 Å². The lowest BCUT2D eigenvalue weighted by molar-refractivity contribution is 0.0618. The number of rotatable bonds is 3. The van der Waals surface area contributed by atoms with E-state index in [2.05, 4.69) is 5.16 Å². The summed E-state index contributed by atoms with van der Waals surface area (Å²) in [6, 6.07) is 6.99. The average Bonchev–Trinajstić information content (AvgIpc) is 2.87. The topological polar surface area (TPSA) is 61.6 Å². The van der Waals surface area contributed by atoms with Gasteiger partial charge in [-0.05, 0) is 26.0 Å². The van der Waals surface area contributed by atoms with Gasteiger partial charge in [0.05, 0.1) is 12.0 Å². The molecule has 0 saturated carbocycles. The number of carbonyl (C=O) groups is 1. The highest BCUT2D eigenvalue weighted by Crippen LogP contribution is 2.35. The minimum atomic E-state index is -0.477. The maximum atomic E-state index is 12.0. The highest BCUT2D eigenvalue weighted by atomic mass is 16.5. The van der Waals surface area contributed by atoms with E-state index < -0.39 is 5.60 Å². The van der Waals surface area contributed by atoms with Crippen molar-refractivity contribution in [1.29, 1.82) is 0 Å². The van der Waals surface area contributed by atoms with Crippen molar-refractivity contribution in [3.8, 4) is 11.5 Å². The van der Waals surface area contributed by atoms with Gasteiger partial charge < -0.3 is 14.0 Å². The molecule has 0 bridgehead atoms. The number of hydrogen-bond donors (Lipinski definition) is 0. The van der Waals surface area contributed by atoms with Gasteiger partial charge in [0.2, 0.25) is 0 Å². The first-order valence-corrected chi connectivity index (χ1v) is 6.42. The second kappa shape index (κ2) is 4.67. The first kappa shape index (κ1) is 12.7. The molecule has 1 aliphatic heterocycles. The quantitative estimate of drug-likeness (QED) is 0.860. The molecule has 0 aliphatic carbocycles. The van der Waals surface area contributed by atoms with Crippen LogP contribution in [0.25, 0.3) is 0 Å². The van der Waals surface area contributed by atoms with E-state index in [0.29, 0.717) is 35.8 Å². The predicted octanol–water partition coefficient (Wildman–Crippen LogP) is 3.00. The van der Waals surface area contributed by atoms with Crippen molar-refractivity contribution >= 4 is 5.78 Å². The highest BCUT2D eigenvalue weighted by molar-refractivity contribution is 6.00. The molecule has 3 rings (SSSR count). The van der Waals surface area contributed by atoms with Crippen LogP contribution in [0.3, 0.4) is 0 Å². The van der Waals surface area contributed by atoms with Crippen LogP contribution in [-0.2, 0) is 6.61 Å². The zero-order chi connectivity index (χ0) is 14.2. The monoisotopic (exact) mass is 273 g/mol. The van der Waals surface area contributed by atoms with Crippen molar-refractivity contribution in [2.24, 2.45) is 0 Å². The second-order valence-electron chi connectivity index (χ2n) is 5.40. The molecule has 20 heavy (non-hydrogen) atoms. The lowest BCUT2D eigenvalue weighted by Crippen LogP contribution is -2.35. The molecular formula is C15H15NO4. The van der Waals surface area contributed by atoms with Crippen molar-refractivity contribution in [2.45, 2.75) is 32.5 Å². The molecule has 104 valence electrons. The molecule has 0 saturated heterocycles. The Bertz CT molecular complexity index is 631. The van der Waals surface area contributed by atoms with Gasteiger partial charge >= 0.3 is 0 Å². The molecule has 0 amide bonds. The van der Waals surface area contributed by atoms with Gasteiger partial charge in [-0.25, -0.2) is 0 Å². The van der Waals surface area contributed by atoms with Crippen LogP contribution in [0.5, 0.6) is 11.5 Å². The molecule has 0 N–H and O–H groups in total. The number of aromatic nitrogens is 1. The van der Waals surface area contributed by atoms with Gasteiger partial charge in [-0.3, -0.25) is 4.79 Å². The number of ether oxygens (including phenoxy) is 2. The predicted molar refractivity (Wildman–Crippen MR) is 70.9 cm³/mol. The molecule has 5 heteroatoms. The van der Waals surface area contributed by atoms with E-state index in [1.165, 1.54) is 6.26 Å². The smallest absolute Gasteiger partial charge is 0.170 e. The second-order valence-corrected chi connectivity index (χ2v) is 5.40.